The topological polar surface area (TPSA) is 52.2 Å². The second kappa shape index (κ2) is 7.00. The lowest BCUT2D eigenvalue weighted by Crippen LogP contribution is -2.38. The predicted octanol–water partition coefficient (Wildman–Crippen LogP) is 2.88. The van der Waals surface area contributed by atoms with E-state index in [1.807, 2.05) is 17.9 Å². The number of carbonyl (C=O) groups is 1. The average molecular weight is 338 g/mol. The zero-order chi connectivity index (χ0) is 17.2. The number of amides is 1. The van der Waals surface area contributed by atoms with E-state index in [9.17, 15) is 4.79 Å². The number of aryl methyl sites for hydroxylation is 1. The number of carbonyl (C=O) groups excluding carboxylic acids is 1. The summed E-state index contributed by atoms with van der Waals surface area (Å²) in [5.74, 6) is 0.740. The number of nitrogens with one attached hydrogen (secondary N) is 1. The van der Waals surface area contributed by atoms with E-state index in [-0.39, 0.29) is 5.91 Å². The summed E-state index contributed by atoms with van der Waals surface area (Å²) in [5.41, 5.74) is 4.69. The molecule has 3 heterocycles. The van der Waals surface area contributed by atoms with Gasteiger partial charge in [0.25, 0.3) is 0 Å². The van der Waals surface area contributed by atoms with Crippen molar-refractivity contribution in [2.45, 2.75) is 38.5 Å². The van der Waals surface area contributed by atoms with E-state index < -0.39 is 0 Å². The Balaban J connectivity index is 1.33. The van der Waals surface area contributed by atoms with Crippen LogP contribution in [0.5, 0.6) is 0 Å². The summed E-state index contributed by atoms with van der Waals surface area (Å²) in [6, 6.07) is 10.4. The summed E-state index contributed by atoms with van der Waals surface area (Å²) >= 11 is 0. The highest BCUT2D eigenvalue weighted by Gasteiger charge is 2.26. The summed E-state index contributed by atoms with van der Waals surface area (Å²) < 4.78 is 0. The normalized spacial score (nSPS) is 20.7. The zero-order valence-electron chi connectivity index (χ0n) is 14.9. The summed E-state index contributed by atoms with van der Waals surface area (Å²) in [4.78, 5) is 17.1. The first kappa shape index (κ1) is 16.3. The Morgan fingerprint density at radius 2 is 2.20 bits per heavy atom. The van der Waals surface area contributed by atoms with Crippen LogP contribution in [0.4, 0.5) is 5.69 Å². The maximum absolute atomic E-state index is 12.7. The van der Waals surface area contributed by atoms with Gasteiger partial charge in [-0.2, -0.15) is 5.10 Å². The van der Waals surface area contributed by atoms with Crippen LogP contribution in [-0.4, -0.2) is 47.2 Å². The minimum Gasteiger partial charge on any atom is -0.312 e. The molecule has 2 aromatic rings. The largest absolute Gasteiger partial charge is 0.312 e. The van der Waals surface area contributed by atoms with Crippen molar-refractivity contribution in [3.8, 4) is 0 Å². The Labute approximate surface area is 149 Å². The number of aromatic amines is 1. The van der Waals surface area contributed by atoms with E-state index in [1.165, 1.54) is 24.1 Å². The Morgan fingerprint density at radius 1 is 1.32 bits per heavy atom. The molecule has 0 radical (unpaired) electrons. The molecule has 132 valence electrons. The number of aromatic nitrogens is 2. The Bertz CT molecular complexity index is 754. The summed E-state index contributed by atoms with van der Waals surface area (Å²) in [6.45, 7) is 5.81. The molecular formula is C20H26N4O. The third-order valence-corrected chi connectivity index (χ3v) is 5.48. The van der Waals surface area contributed by atoms with Crippen molar-refractivity contribution in [3.05, 3.63) is 47.3 Å². The minimum atomic E-state index is 0.252. The summed E-state index contributed by atoms with van der Waals surface area (Å²) in [5, 5.41) is 7.48. The molecule has 1 saturated heterocycles. The first-order valence-electron chi connectivity index (χ1n) is 9.33. The fourth-order valence-electron chi connectivity index (χ4n) is 4.13. The second-order valence-corrected chi connectivity index (χ2v) is 7.29. The van der Waals surface area contributed by atoms with Crippen LogP contribution in [0.15, 0.2) is 30.3 Å². The number of H-pyrrole nitrogens is 1. The van der Waals surface area contributed by atoms with Crippen LogP contribution < -0.4 is 4.90 Å². The Morgan fingerprint density at radius 3 is 3.04 bits per heavy atom. The monoisotopic (exact) mass is 338 g/mol. The summed E-state index contributed by atoms with van der Waals surface area (Å²) in [7, 11) is 0. The molecular weight excluding hydrogens is 312 g/mol. The standard InChI is InChI=1S/C20H26N4O/c1-15-13-18(22-21-15)17-6-4-10-23(14-17)11-9-20(25)24-12-8-16-5-2-3-7-19(16)24/h2-3,5,7,13,17H,4,6,8-12,14H2,1H3,(H,21,22). The predicted molar refractivity (Wildman–Crippen MR) is 98.9 cm³/mol. The lowest BCUT2D eigenvalue weighted by molar-refractivity contribution is -0.118. The number of para-hydroxylation sites is 1. The molecule has 0 spiro atoms. The molecule has 5 nitrogen and oxygen atoms in total. The van der Waals surface area contributed by atoms with E-state index in [1.54, 1.807) is 0 Å². The number of nitrogens with zero attached hydrogens (tertiary/aromatic N) is 3. The number of hydrogen-bond donors (Lipinski definition) is 1. The number of hydrogen-bond acceptors (Lipinski definition) is 3. The smallest absolute Gasteiger partial charge is 0.228 e. The Kier molecular flexibility index (Phi) is 4.57. The molecule has 0 saturated carbocycles. The van der Waals surface area contributed by atoms with Gasteiger partial charge in [0.05, 0.1) is 5.69 Å². The molecule has 2 aliphatic rings. The highest BCUT2D eigenvalue weighted by molar-refractivity contribution is 5.95. The van der Waals surface area contributed by atoms with Crippen LogP contribution in [0.3, 0.4) is 0 Å². The van der Waals surface area contributed by atoms with Crippen LogP contribution >= 0.6 is 0 Å². The van der Waals surface area contributed by atoms with Gasteiger partial charge in [-0.15, -0.1) is 0 Å². The van der Waals surface area contributed by atoms with Crippen LogP contribution in [0, 0.1) is 6.92 Å². The van der Waals surface area contributed by atoms with Gasteiger partial charge < -0.3 is 9.80 Å². The average Bonchev–Trinajstić information content (AvgIpc) is 3.26. The van der Waals surface area contributed by atoms with Gasteiger partial charge in [0.15, 0.2) is 0 Å². The number of fused-ring (bicyclic) bond motifs is 1. The van der Waals surface area contributed by atoms with Crippen molar-refractivity contribution < 1.29 is 4.79 Å². The van der Waals surface area contributed by atoms with Crippen LogP contribution in [0.1, 0.15) is 42.1 Å². The van der Waals surface area contributed by atoms with Crippen LogP contribution in [0.25, 0.3) is 0 Å². The third-order valence-electron chi connectivity index (χ3n) is 5.48. The highest BCUT2D eigenvalue weighted by atomic mass is 16.2. The summed E-state index contributed by atoms with van der Waals surface area (Å²) in [6.07, 6.45) is 3.94. The number of benzene rings is 1. The van der Waals surface area contributed by atoms with E-state index in [2.05, 4.69) is 39.4 Å². The Hall–Kier alpha value is -2.14. The fraction of sp³-hybridized carbons (Fsp3) is 0.500. The maximum Gasteiger partial charge on any atom is 0.228 e. The van der Waals surface area contributed by atoms with Crippen LogP contribution in [-0.2, 0) is 11.2 Å². The van der Waals surface area contributed by atoms with Gasteiger partial charge in [0.2, 0.25) is 5.91 Å². The van der Waals surface area contributed by atoms with E-state index in [4.69, 9.17) is 0 Å². The lowest BCUT2D eigenvalue weighted by Gasteiger charge is -2.32. The van der Waals surface area contributed by atoms with Crippen molar-refractivity contribution in [3.63, 3.8) is 0 Å². The SMILES string of the molecule is Cc1cc(C2CCCN(CCC(=O)N3CCc4ccccc43)C2)n[nH]1. The van der Waals surface area contributed by atoms with Gasteiger partial charge in [0.1, 0.15) is 0 Å². The molecule has 2 aliphatic heterocycles. The van der Waals surface area contributed by atoms with Gasteiger partial charge >= 0.3 is 0 Å². The van der Waals surface area contributed by atoms with Crippen molar-refractivity contribution in [2.24, 2.45) is 0 Å². The molecule has 1 fully saturated rings. The minimum absolute atomic E-state index is 0.252. The molecule has 1 aromatic carbocycles. The zero-order valence-corrected chi connectivity index (χ0v) is 14.9. The lowest BCUT2D eigenvalue weighted by atomic mass is 9.94. The number of likely N-dealkylation sites (tertiary alicyclic amines) is 1. The van der Waals surface area contributed by atoms with Gasteiger partial charge in [-0.1, -0.05) is 18.2 Å². The molecule has 1 unspecified atom stereocenters. The molecule has 1 atom stereocenters. The van der Waals surface area contributed by atoms with Gasteiger partial charge in [-0.3, -0.25) is 9.89 Å². The number of anilines is 1. The van der Waals surface area contributed by atoms with Gasteiger partial charge in [-0.25, -0.2) is 0 Å². The highest BCUT2D eigenvalue weighted by Crippen LogP contribution is 2.29. The van der Waals surface area contributed by atoms with Crippen molar-refractivity contribution >= 4 is 11.6 Å². The molecule has 0 bridgehead atoms. The van der Waals surface area contributed by atoms with Gasteiger partial charge in [0, 0.05) is 43.4 Å². The van der Waals surface area contributed by atoms with E-state index >= 15 is 0 Å². The molecule has 1 amide bonds. The molecule has 4 rings (SSSR count). The quantitative estimate of drug-likeness (QED) is 0.933. The first-order valence-corrected chi connectivity index (χ1v) is 9.33. The number of piperidine rings is 1. The van der Waals surface area contributed by atoms with Crippen LogP contribution in [0.2, 0.25) is 0 Å². The van der Waals surface area contributed by atoms with Gasteiger partial charge in [-0.05, 0) is 50.4 Å². The molecule has 1 aromatic heterocycles. The third kappa shape index (κ3) is 3.47. The molecule has 0 aliphatic carbocycles. The van der Waals surface area contributed by atoms with Crippen molar-refractivity contribution in [1.29, 1.82) is 0 Å². The van der Waals surface area contributed by atoms with E-state index in [0.29, 0.717) is 12.3 Å². The van der Waals surface area contributed by atoms with Crippen molar-refractivity contribution in [1.82, 2.24) is 15.1 Å². The maximum atomic E-state index is 12.7. The fourth-order valence-corrected chi connectivity index (χ4v) is 4.13. The molecule has 1 N–H and O–H groups in total. The molecule has 25 heavy (non-hydrogen) atoms. The first-order chi connectivity index (χ1) is 12.2. The van der Waals surface area contributed by atoms with Crippen molar-refractivity contribution in [2.75, 3.05) is 31.1 Å². The number of rotatable bonds is 4. The van der Waals surface area contributed by atoms with E-state index in [0.717, 1.165) is 44.0 Å². The second-order valence-electron chi connectivity index (χ2n) is 7.29. The molecule has 5 heteroatoms.